The Morgan fingerprint density at radius 1 is 1.21 bits per heavy atom. The standard InChI is InChI=1S/C23H25N3O3/c1-3-4-12-28-20-10-8-17(9-11-20)23-24-22(25-29-23)18-14-21(27)26(15-18)19-7-5-6-16(2)13-19/h5-11,13,18H,3-4,12,14-15H2,1-2H3. The molecule has 0 radical (unpaired) electrons. The zero-order chi connectivity index (χ0) is 20.2. The number of unbranched alkanes of at least 4 members (excludes halogenated alkanes) is 1. The lowest BCUT2D eigenvalue weighted by molar-refractivity contribution is -0.117. The van der Waals surface area contributed by atoms with Gasteiger partial charge in [-0.15, -0.1) is 0 Å². The molecule has 2 aromatic carbocycles. The van der Waals surface area contributed by atoms with Crippen LogP contribution >= 0.6 is 0 Å². The second-order valence-electron chi connectivity index (χ2n) is 7.43. The van der Waals surface area contributed by atoms with Crippen LogP contribution in [0.4, 0.5) is 5.69 Å². The van der Waals surface area contributed by atoms with Crippen LogP contribution in [0.1, 0.15) is 43.5 Å². The van der Waals surface area contributed by atoms with Gasteiger partial charge in [0.05, 0.1) is 6.61 Å². The minimum Gasteiger partial charge on any atom is -0.494 e. The summed E-state index contributed by atoms with van der Waals surface area (Å²) in [6.07, 6.45) is 2.53. The summed E-state index contributed by atoms with van der Waals surface area (Å²) in [7, 11) is 0. The van der Waals surface area contributed by atoms with E-state index in [0.717, 1.165) is 35.4 Å². The SMILES string of the molecule is CCCCOc1ccc(-c2nc(C3CC(=O)N(c4cccc(C)c4)C3)no2)cc1. The maximum atomic E-state index is 12.5. The molecule has 1 saturated heterocycles. The van der Waals surface area contributed by atoms with E-state index in [9.17, 15) is 4.79 Å². The van der Waals surface area contributed by atoms with E-state index in [2.05, 4.69) is 17.1 Å². The van der Waals surface area contributed by atoms with Crippen LogP contribution in [0.25, 0.3) is 11.5 Å². The molecular formula is C23H25N3O3. The number of carbonyl (C=O) groups is 1. The lowest BCUT2D eigenvalue weighted by Crippen LogP contribution is -2.24. The molecule has 0 N–H and O–H groups in total. The summed E-state index contributed by atoms with van der Waals surface area (Å²) in [5.41, 5.74) is 2.88. The number of hydrogen-bond donors (Lipinski definition) is 0. The molecule has 1 fully saturated rings. The van der Waals surface area contributed by atoms with E-state index >= 15 is 0 Å². The van der Waals surface area contributed by atoms with Crippen LogP contribution in [0.5, 0.6) is 5.75 Å². The van der Waals surface area contributed by atoms with Gasteiger partial charge in [-0.25, -0.2) is 0 Å². The van der Waals surface area contributed by atoms with Crippen molar-refractivity contribution in [3.05, 3.63) is 59.9 Å². The molecule has 4 rings (SSSR count). The van der Waals surface area contributed by atoms with Crippen LogP contribution in [0.2, 0.25) is 0 Å². The number of anilines is 1. The van der Waals surface area contributed by atoms with Crippen molar-refractivity contribution in [1.29, 1.82) is 0 Å². The maximum absolute atomic E-state index is 12.5. The van der Waals surface area contributed by atoms with Crippen LogP contribution < -0.4 is 9.64 Å². The fourth-order valence-corrected chi connectivity index (χ4v) is 3.47. The van der Waals surface area contributed by atoms with Crippen molar-refractivity contribution in [3.63, 3.8) is 0 Å². The molecule has 0 saturated carbocycles. The van der Waals surface area contributed by atoms with Crippen LogP contribution in [0, 0.1) is 6.92 Å². The van der Waals surface area contributed by atoms with Crippen molar-refractivity contribution in [2.24, 2.45) is 0 Å². The number of carbonyl (C=O) groups excluding carboxylic acids is 1. The average molecular weight is 391 g/mol. The second-order valence-corrected chi connectivity index (χ2v) is 7.43. The predicted octanol–water partition coefficient (Wildman–Crippen LogP) is 4.74. The number of hydrogen-bond acceptors (Lipinski definition) is 5. The predicted molar refractivity (Wildman–Crippen MR) is 111 cm³/mol. The highest BCUT2D eigenvalue weighted by molar-refractivity contribution is 5.96. The first-order valence-electron chi connectivity index (χ1n) is 10.1. The number of amides is 1. The zero-order valence-electron chi connectivity index (χ0n) is 16.8. The molecule has 0 aliphatic carbocycles. The van der Waals surface area contributed by atoms with Crippen LogP contribution in [-0.2, 0) is 4.79 Å². The molecule has 29 heavy (non-hydrogen) atoms. The van der Waals surface area contributed by atoms with Crippen LogP contribution in [0.3, 0.4) is 0 Å². The lowest BCUT2D eigenvalue weighted by Gasteiger charge is -2.16. The first-order valence-corrected chi connectivity index (χ1v) is 10.1. The molecule has 6 nitrogen and oxygen atoms in total. The Morgan fingerprint density at radius 2 is 2.03 bits per heavy atom. The highest BCUT2D eigenvalue weighted by Crippen LogP contribution is 2.32. The topological polar surface area (TPSA) is 68.5 Å². The summed E-state index contributed by atoms with van der Waals surface area (Å²) < 4.78 is 11.2. The van der Waals surface area contributed by atoms with Crippen molar-refractivity contribution in [2.75, 3.05) is 18.1 Å². The van der Waals surface area contributed by atoms with Gasteiger partial charge < -0.3 is 14.2 Å². The van der Waals surface area contributed by atoms with E-state index in [1.807, 2.05) is 55.5 Å². The largest absolute Gasteiger partial charge is 0.494 e. The summed E-state index contributed by atoms with van der Waals surface area (Å²) >= 11 is 0. The number of aromatic nitrogens is 2. The smallest absolute Gasteiger partial charge is 0.257 e. The van der Waals surface area contributed by atoms with Gasteiger partial charge in [0.15, 0.2) is 5.82 Å². The summed E-state index contributed by atoms with van der Waals surface area (Å²) in [5.74, 6) is 1.88. The quantitative estimate of drug-likeness (QED) is 0.544. The van der Waals surface area contributed by atoms with E-state index in [1.54, 1.807) is 4.90 Å². The summed E-state index contributed by atoms with van der Waals surface area (Å²) in [6.45, 7) is 5.43. The van der Waals surface area contributed by atoms with Crippen molar-refractivity contribution in [1.82, 2.24) is 10.1 Å². The van der Waals surface area contributed by atoms with Gasteiger partial charge in [0, 0.05) is 30.1 Å². The number of ether oxygens (including phenoxy) is 1. The Morgan fingerprint density at radius 3 is 2.79 bits per heavy atom. The Labute approximate surface area is 170 Å². The Bertz CT molecular complexity index is 981. The Hall–Kier alpha value is -3.15. The minimum atomic E-state index is -0.0721. The molecule has 0 spiro atoms. The number of benzene rings is 2. The van der Waals surface area contributed by atoms with E-state index in [0.29, 0.717) is 31.3 Å². The average Bonchev–Trinajstić information content (AvgIpc) is 3.36. The molecule has 1 aliphatic rings. The third-order valence-corrected chi connectivity index (χ3v) is 5.11. The van der Waals surface area contributed by atoms with Crippen molar-refractivity contribution in [2.45, 2.75) is 39.0 Å². The summed E-state index contributed by atoms with van der Waals surface area (Å²) in [4.78, 5) is 18.9. The monoisotopic (exact) mass is 391 g/mol. The first-order chi connectivity index (χ1) is 14.1. The molecule has 2 heterocycles. The molecule has 1 unspecified atom stereocenters. The molecule has 1 amide bonds. The number of rotatable bonds is 7. The lowest BCUT2D eigenvalue weighted by atomic mass is 10.1. The molecule has 3 aromatic rings. The Kier molecular flexibility index (Phi) is 5.60. The normalized spacial score (nSPS) is 16.4. The highest BCUT2D eigenvalue weighted by Gasteiger charge is 2.34. The molecule has 1 aromatic heterocycles. The van der Waals surface area contributed by atoms with E-state index in [-0.39, 0.29) is 11.8 Å². The van der Waals surface area contributed by atoms with Crippen molar-refractivity contribution >= 4 is 11.6 Å². The summed E-state index contributed by atoms with van der Waals surface area (Å²) in [6, 6.07) is 15.6. The van der Waals surface area contributed by atoms with Gasteiger partial charge in [-0.3, -0.25) is 4.79 Å². The molecule has 150 valence electrons. The fourth-order valence-electron chi connectivity index (χ4n) is 3.47. The molecular weight excluding hydrogens is 366 g/mol. The second kappa shape index (κ2) is 8.47. The van der Waals surface area contributed by atoms with Gasteiger partial charge in [-0.05, 0) is 55.3 Å². The van der Waals surface area contributed by atoms with Gasteiger partial charge in [0.1, 0.15) is 5.75 Å². The maximum Gasteiger partial charge on any atom is 0.257 e. The number of aryl methyl sites for hydroxylation is 1. The van der Waals surface area contributed by atoms with Crippen LogP contribution in [-0.4, -0.2) is 29.2 Å². The molecule has 6 heteroatoms. The summed E-state index contributed by atoms with van der Waals surface area (Å²) in [5, 5.41) is 4.14. The molecule has 1 atom stereocenters. The van der Waals surface area contributed by atoms with Gasteiger partial charge in [-0.1, -0.05) is 30.6 Å². The first kappa shape index (κ1) is 19.2. The molecule has 1 aliphatic heterocycles. The minimum absolute atomic E-state index is 0.0721. The van der Waals surface area contributed by atoms with Gasteiger partial charge >= 0.3 is 0 Å². The zero-order valence-corrected chi connectivity index (χ0v) is 16.8. The van der Waals surface area contributed by atoms with Crippen molar-refractivity contribution in [3.8, 4) is 17.2 Å². The van der Waals surface area contributed by atoms with Crippen molar-refractivity contribution < 1.29 is 14.1 Å². The Balaban J connectivity index is 1.44. The third-order valence-electron chi connectivity index (χ3n) is 5.11. The van der Waals surface area contributed by atoms with Gasteiger partial charge in [0.25, 0.3) is 5.89 Å². The van der Waals surface area contributed by atoms with Gasteiger partial charge in [0.2, 0.25) is 5.91 Å². The van der Waals surface area contributed by atoms with Gasteiger partial charge in [-0.2, -0.15) is 4.98 Å². The van der Waals surface area contributed by atoms with E-state index < -0.39 is 0 Å². The highest BCUT2D eigenvalue weighted by atomic mass is 16.5. The van der Waals surface area contributed by atoms with E-state index in [4.69, 9.17) is 9.26 Å². The number of nitrogens with zero attached hydrogens (tertiary/aromatic N) is 3. The van der Waals surface area contributed by atoms with Crippen LogP contribution in [0.15, 0.2) is 53.1 Å². The third kappa shape index (κ3) is 4.31. The fraction of sp³-hybridized carbons (Fsp3) is 0.348. The van der Waals surface area contributed by atoms with E-state index in [1.165, 1.54) is 0 Å². The molecule has 0 bridgehead atoms.